The largest absolute Gasteiger partial charge is 0.312 e. The third-order valence-electron chi connectivity index (χ3n) is 3.66. The second-order valence-electron chi connectivity index (χ2n) is 5.04. The van der Waals surface area contributed by atoms with Gasteiger partial charge in [-0.15, -0.1) is 11.3 Å². The number of hydrogen-bond acceptors (Lipinski definition) is 3. The van der Waals surface area contributed by atoms with E-state index in [0.717, 1.165) is 29.1 Å². The van der Waals surface area contributed by atoms with E-state index in [-0.39, 0.29) is 5.82 Å². The van der Waals surface area contributed by atoms with Crippen LogP contribution in [0.5, 0.6) is 0 Å². The van der Waals surface area contributed by atoms with Crippen LogP contribution in [0.4, 0.5) is 4.39 Å². The highest BCUT2D eigenvalue weighted by Crippen LogP contribution is 2.37. The van der Waals surface area contributed by atoms with E-state index in [0.29, 0.717) is 11.6 Å². The lowest BCUT2D eigenvalue weighted by molar-refractivity contribution is 0.490. The number of thiazole rings is 1. The third kappa shape index (κ3) is 2.30. The van der Waals surface area contributed by atoms with Gasteiger partial charge in [-0.2, -0.15) is 0 Å². The van der Waals surface area contributed by atoms with E-state index < -0.39 is 0 Å². The SMILES string of the molecule is CNC1CCCc2sc(-c3ccc(C)cc3F)nc21. The van der Waals surface area contributed by atoms with Gasteiger partial charge in [-0.05, 0) is 50.9 Å². The monoisotopic (exact) mass is 276 g/mol. The molecule has 0 radical (unpaired) electrons. The Hall–Kier alpha value is -1.26. The van der Waals surface area contributed by atoms with Gasteiger partial charge in [-0.25, -0.2) is 9.37 Å². The maximum Gasteiger partial charge on any atom is 0.133 e. The number of benzene rings is 1. The smallest absolute Gasteiger partial charge is 0.133 e. The van der Waals surface area contributed by atoms with Gasteiger partial charge in [-0.3, -0.25) is 0 Å². The quantitative estimate of drug-likeness (QED) is 0.901. The number of rotatable bonds is 2. The summed E-state index contributed by atoms with van der Waals surface area (Å²) in [6.07, 6.45) is 3.36. The molecule has 0 saturated heterocycles. The molecule has 2 aromatic rings. The highest BCUT2D eigenvalue weighted by Gasteiger charge is 2.24. The van der Waals surface area contributed by atoms with Gasteiger partial charge in [0.05, 0.1) is 11.7 Å². The van der Waals surface area contributed by atoms with Crippen LogP contribution in [0, 0.1) is 12.7 Å². The summed E-state index contributed by atoms with van der Waals surface area (Å²) in [6.45, 7) is 1.90. The Morgan fingerprint density at radius 1 is 1.42 bits per heavy atom. The van der Waals surface area contributed by atoms with Gasteiger partial charge in [-0.1, -0.05) is 6.07 Å². The van der Waals surface area contributed by atoms with Crippen LogP contribution in [0.1, 0.15) is 35.0 Å². The van der Waals surface area contributed by atoms with E-state index in [1.807, 2.05) is 26.1 Å². The second-order valence-corrected chi connectivity index (χ2v) is 6.13. The van der Waals surface area contributed by atoms with Crippen LogP contribution in [-0.2, 0) is 6.42 Å². The third-order valence-corrected chi connectivity index (χ3v) is 4.82. The van der Waals surface area contributed by atoms with Crippen LogP contribution in [0.15, 0.2) is 18.2 Å². The zero-order valence-corrected chi connectivity index (χ0v) is 12.0. The average molecular weight is 276 g/mol. The lowest BCUT2D eigenvalue weighted by Gasteiger charge is -2.19. The molecule has 0 spiro atoms. The van der Waals surface area contributed by atoms with Crippen LogP contribution >= 0.6 is 11.3 Å². The molecule has 0 fully saturated rings. The van der Waals surface area contributed by atoms with Crippen molar-refractivity contribution in [2.24, 2.45) is 0 Å². The Morgan fingerprint density at radius 3 is 3.00 bits per heavy atom. The van der Waals surface area contributed by atoms with Gasteiger partial charge in [0.25, 0.3) is 0 Å². The molecule has 1 aliphatic carbocycles. The van der Waals surface area contributed by atoms with Gasteiger partial charge < -0.3 is 5.32 Å². The lowest BCUT2D eigenvalue weighted by atomic mass is 9.98. The summed E-state index contributed by atoms with van der Waals surface area (Å²) in [5, 5.41) is 4.11. The fraction of sp³-hybridized carbons (Fsp3) is 0.400. The first-order valence-electron chi connectivity index (χ1n) is 6.62. The molecule has 1 atom stereocenters. The molecular formula is C15H17FN2S. The molecule has 0 aliphatic heterocycles. The van der Waals surface area contributed by atoms with E-state index in [9.17, 15) is 4.39 Å². The number of nitrogens with zero attached hydrogens (tertiary/aromatic N) is 1. The molecule has 1 aromatic heterocycles. The standard InChI is InChI=1S/C15H17FN2S/c1-9-6-7-10(11(16)8-9)15-18-14-12(17-2)4-3-5-13(14)19-15/h6-8,12,17H,3-5H2,1-2H3. The Bertz CT molecular complexity index is 606. The number of aryl methyl sites for hydroxylation is 2. The highest BCUT2D eigenvalue weighted by atomic mass is 32.1. The number of halogens is 1. The zero-order valence-electron chi connectivity index (χ0n) is 11.2. The van der Waals surface area contributed by atoms with Crippen LogP contribution in [0.3, 0.4) is 0 Å². The van der Waals surface area contributed by atoms with E-state index in [1.54, 1.807) is 17.4 Å². The number of nitrogens with one attached hydrogen (secondary N) is 1. The van der Waals surface area contributed by atoms with Gasteiger partial charge in [0.2, 0.25) is 0 Å². The fourth-order valence-electron chi connectivity index (χ4n) is 2.61. The van der Waals surface area contributed by atoms with Crippen LogP contribution in [-0.4, -0.2) is 12.0 Å². The van der Waals surface area contributed by atoms with Gasteiger partial charge >= 0.3 is 0 Å². The molecule has 1 unspecified atom stereocenters. The van der Waals surface area contributed by atoms with Crippen molar-refractivity contribution in [1.82, 2.24) is 10.3 Å². The maximum absolute atomic E-state index is 14.0. The molecule has 0 amide bonds. The van der Waals surface area contributed by atoms with Crippen LogP contribution in [0.25, 0.3) is 10.6 Å². The number of hydrogen-bond donors (Lipinski definition) is 1. The molecule has 100 valence electrons. The summed E-state index contributed by atoms with van der Waals surface area (Å²) >= 11 is 1.64. The summed E-state index contributed by atoms with van der Waals surface area (Å²) in [7, 11) is 1.96. The minimum absolute atomic E-state index is 0.174. The number of fused-ring (bicyclic) bond motifs is 1. The topological polar surface area (TPSA) is 24.9 Å². The van der Waals surface area contributed by atoms with Gasteiger partial charge in [0, 0.05) is 10.4 Å². The predicted octanol–water partition coefficient (Wildman–Crippen LogP) is 3.85. The molecule has 0 bridgehead atoms. The van der Waals surface area contributed by atoms with Crippen molar-refractivity contribution in [1.29, 1.82) is 0 Å². The molecule has 4 heteroatoms. The summed E-state index contributed by atoms with van der Waals surface area (Å²) in [5.41, 5.74) is 2.68. The molecule has 1 aromatic carbocycles. The van der Waals surface area contributed by atoms with Crippen LogP contribution < -0.4 is 5.32 Å². The van der Waals surface area contributed by atoms with Gasteiger partial charge in [0.1, 0.15) is 10.8 Å². The van der Waals surface area contributed by atoms with Crippen molar-refractivity contribution in [2.45, 2.75) is 32.2 Å². The zero-order chi connectivity index (χ0) is 13.4. The van der Waals surface area contributed by atoms with E-state index in [1.165, 1.54) is 11.3 Å². The average Bonchev–Trinajstić information content (AvgIpc) is 2.81. The summed E-state index contributed by atoms with van der Waals surface area (Å²) in [4.78, 5) is 5.99. The Morgan fingerprint density at radius 2 is 2.26 bits per heavy atom. The Kier molecular flexibility index (Phi) is 3.37. The van der Waals surface area contributed by atoms with Crippen molar-refractivity contribution in [3.05, 3.63) is 40.2 Å². The molecule has 19 heavy (non-hydrogen) atoms. The molecule has 1 aliphatic rings. The molecular weight excluding hydrogens is 259 g/mol. The van der Waals surface area contributed by atoms with Crippen molar-refractivity contribution < 1.29 is 4.39 Å². The summed E-state index contributed by atoms with van der Waals surface area (Å²) in [6, 6.07) is 5.67. The Labute approximate surface area is 116 Å². The van der Waals surface area contributed by atoms with Crippen molar-refractivity contribution in [3.8, 4) is 10.6 Å². The van der Waals surface area contributed by atoms with Crippen LogP contribution in [0.2, 0.25) is 0 Å². The molecule has 2 nitrogen and oxygen atoms in total. The Balaban J connectivity index is 2.05. The summed E-state index contributed by atoms with van der Waals surface area (Å²) < 4.78 is 14.0. The van der Waals surface area contributed by atoms with E-state index >= 15 is 0 Å². The minimum Gasteiger partial charge on any atom is -0.312 e. The fourth-order valence-corrected chi connectivity index (χ4v) is 3.80. The molecule has 1 N–H and O–H groups in total. The van der Waals surface area contributed by atoms with Gasteiger partial charge in [0.15, 0.2) is 0 Å². The lowest BCUT2D eigenvalue weighted by Crippen LogP contribution is -2.21. The van der Waals surface area contributed by atoms with E-state index in [2.05, 4.69) is 10.3 Å². The number of aromatic nitrogens is 1. The maximum atomic E-state index is 14.0. The van der Waals surface area contributed by atoms with Crippen molar-refractivity contribution in [2.75, 3.05) is 7.05 Å². The summed E-state index contributed by atoms with van der Waals surface area (Å²) in [5.74, 6) is -0.174. The second kappa shape index (κ2) is 5.02. The van der Waals surface area contributed by atoms with Crippen molar-refractivity contribution in [3.63, 3.8) is 0 Å². The first kappa shape index (κ1) is 12.8. The van der Waals surface area contributed by atoms with Crippen molar-refractivity contribution >= 4 is 11.3 Å². The van der Waals surface area contributed by atoms with E-state index in [4.69, 9.17) is 0 Å². The molecule has 3 rings (SSSR count). The molecule has 1 heterocycles. The minimum atomic E-state index is -0.174. The highest BCUT2D eigenvalue weighted by molar-refractivity contribution is 7.15. The first-order valence-corrected chi connectivity index (χ1v) is 7.44. The first-order chi connectivity index (χ1) is 9.19. The predicted molar refractivity (Wildman–Crippen MR) is 77.0 cm³/mol. The molecule has 0 saturated carbocycles. The normalized spacial score (nSPS) is 18.4.